The standard InChI is InChI=1S/C12H9BrFN3O2/c13-9-5-7(14)1-4-11(9)19-8-2-3-10(16-6-8)12(15)17-18/h1-6,18H,(H2,15,17). The molecule has 19 heavy (non-hydrogen) atoms. The van der Waals surface area contributed by atoms with Gasteiger partial charge in [-0.15, -0.1) is 0 Å². The molecule has 2 rings (SSSR count). The van der Waals surface area contributed by atoms with E-state index in [-0.39, 0.29) is 11.7 Å². The minimum absolute atomic E-state index is 0.0884. The van der Waals surface area contributed by atoms with Gasteiger partial charge in [-0.05, 0) is 46.3 Å². The molecule has 0 spiro atoms. The number of oxime groups is 1. The van der Waals surface area contributed by atoms with E-state index in [4.69, 9.17) is 15.7 Å². The predicted octanol–water partition coefficient (Wildman–Crippen LogP) is 2.87. The van der Waals surface area contributed by atoms with E-state index in [0.717, 1.165) is 0 Å². The number of nitrogens with two attached hydrogens (primary N) is 1. The summed E-state index contributed by atoms with van der Waals surface area (Å²) in [6.07, 6.45) is 1.42. The molecule has 0 aliphatic carbocycles. The summed E-state index contributed by atoms with van der Waals surface area (Å²) in [5.41, 5.74) is 5.71. The maximum absolute atomic E-state index is 12.9. The number of pyridine rings is 1. The van der Waals surface area contributed by atoms with Crippen LogP contribution in [0.2, 0.25) is 0 Å². The highest BCUT2D eigenvalue weighted by molar-refractivity contribution is 9.10. The molecule has 0 bridgehead atoms. The molecule has 98 valence electrons. The van der Waals surface area contributed by atoms with Gasteiger partial charge in [0.05, 0.1) is 10.7 Å². The first-order valence-corrected chi connectivity index (χ1v) is 5.96. The third-order valence-corrected chi connectivity index (χ3v) is 2.85. The van der Waals surface area contributed by atoms with Gasteiger partial charge in [-0.3, -0.25) is 0 Å². The van der Waals surface area contributed by atoms with E-state index in [9.17, 15) is 4.39 Å². The number of benzene rings is 1. The fraction of sp³-hybridized carbons (Fsp3) is 0. The first-order valence-electron chi connectivity index (χ1n) is 5.17. The van der Waals surface area contributed by atoms with E-state index in [0.29, 0.717) is 21.7 Å². The third kappa shape index (κ3) is 3.19. The molecule has 0 atom stereocenters. The van der Waals surface area contributed by atoms with Crippen molar-refractivity contribution in [2.75, 3.05) is 0 Å². The molecule has 0 fully saturated rings. The fourth-order valence-corrected chi connectivity index (χ4v) is 1.76. The second-order valence-electron chi connectivity index (χ2n) is 3.54. The molecule has 3 N–H and O–H groups in total. The maximum atomic E-state index is 12.9. The molecule has 0 radical (unpaired) electrons. The molecular formula is C12H9BrFN3O2. The number of amidine groups is 1. The highest BCUT2D eigenvalue weighted by Gasteiger charge is 2.06. The number of halogens is 2. The number of ether oxygens (including phenoxy) is 1. The Bertz CT molecular complexity index is 617. The molecule has 1 heterocycles. The van der Waals surface area contributed by atoms with Crippen LogP contribution in [-0.4, -0.2) is 16.0 Å². The zero-order valence-electron chi connectivity index (χ0n) is 9.55. The van der Waals surface area contributed by atoms with Crippen LogP contribution >= 0.6 is 15.9 Å². The lowest BCUT2D eigenvalue weighted by Gasteiger charge is -2.07. The molecule has 0 saturated carbocycles. The van der Waals surface area contributed by atoms with Gasteiger partial charge in [-0.25, -0.2) is 9.37 Å². The molecule has 2 aromatic rings. The Labute approximate surface area is 116 Å². The molecule has 0 aliphatic rings. The zero-order chi connectivity index (χ0) is 13.8. The van der Waals surface area contributed by atoms with Gasteiger partial charge < -0.3 is 15.7 Å². The Hall–Kier alpha value is -2.15. The van der Waals surface area contributed by atoms with Crippen molar-refractivity contribution in [1.82, 2.24) is 4.98 Å². The smallest absolute Gasteiger partial charge is 0.188 e. The van der Waals surface area contributed by atoms with Crippen LogP contribution in [-0.2, 0) is 0 Å². The van der Waals surface area contributed by atoms with E-state index < -0.39 is 0 Å². The molecule has 0 unspecified atom stereocenters. The van der Waals surface area contributed by atoms with Gasteiger partial charge in [-0.1, -0.05) is 5.16 Å². The monoisotopic (exact) mass is 325 g/mol. The molecule has 0 amide bonds. The number of aromatic nitrogens is 1. The fourth-order valence-electron chi connectivity index (χ4n) is 1.33. The van der Waals surface area contributed by atoms with Crippen LogP contribution in [0.25, 0.3) is 0 Å². The van der Waals surface area contributed by atoms with Gasteiger partial charge in [0.2, 0.25) is 0 Å². The van der Waals surface area contributed by atoms with Crippen LogP contribution in [0.4, 0.5) is 4.39 Å². The van der Waals surface area contributed by atoms with Crippen molar-refractivity contribution in [3.63, 3.8) is 0 Å². The van der Waals surface area contributed by atoms with E-state index in [1.807, 2.05) is 0 Å². The molecule has 0 saturated heterocycles. The average molecular weight is 326 g/mol. The minimum Gasteiger partial charge on any atom is -0.455 e. The van der Waals surface area contributed by atoms with E-state index in [1.165, 1.54) is 24.4 Å². The predicted molar refractivity (Wildman–Crippen MR) is 70.9 cm³/mol. The highest BCUT2D eigenvalue weighted by Crippen LogP contribution is 2.29. The number of hydrogen-bond donors (Lipinski definition) is 2. The SMILES string of the molecule is N/C(=N/O)c1ccc(Oc2ccc(F)cc2Br)cn1. The van der Waals surface area contributed by atoms with Crippen molar-refractivity contribution in [2.45, 2.75) is 0 Å². The Morgan fingerprint density at radius 2 is 2.16 bits per heavy atom. The van der Waals surface area contributed by atoms with Gasteiger partial charge in [-0.2, -0.15) is 0 Å². The van der Waals surface area contributed by atoms with Crippen LogP contribution in [0.5, 0.6) is 11.5 Å². The van der Waals surface area contributed by atoms with E-state index in [1.54, 1.807) is 12.1 Å². The molecule has 1 aromatic carbocycles. The van der Waals surface area contributed by atoms with Crippen molar-refractivity contribution < 1.29 is 14.3 Å². The van der Waals surface area contributed by atoms with Gasteiger partial charge in [0, 0.05) is 0 Å². The highest BCUT2D eigenvalue weighted by atomic mass is 79.9. The topological polar surface area (TPSA) is 80.7 Å². The summed E-state index contributed by atoms with van der Waals surface area (Å²) in [5.74, 6) is 0.454. The summed E-state index contributed by atoms with van der Waals surface area (Å²) in [5, 5.41) is 11.3. The van der Waals surface area contributed by atoms with Crippen molar-refractivity contribution in [2.24, 2.45) is 10.9 Å². The van der Waals surface area contributed by atoms with Crippen molar-refractivity contribution in [1.29, 1.82) is 0 Å². The van der Waals surface area contributed by atoms with Gasteiger partial charge >= 0.3 is 0 Å². The van der Waals surface area contributed by atoms with Crippen LogP contribution in [0, 0.1) is 5.82 Å². The summed E-state index contributed by atoms with van der Waals surface area (Å²) < 4.78 is 18.9. The summed E-state index contributed by atoms with van der Waals surface area (Å²) in [6.45, 7) is 0. The maximum Gasteiger partial charge on any atom is 0.188 e. The third-order valence-electron chi connectivity index (χ3n) is 2.23. The van der Waals surface area contributed by atoms with Crippen LogP contribution < -0.4 is 10.5 Å². The number of rotatable bonds is 3. The lowest BCUT2D eigenvalue weighted by molar-refractivity contribution is 0.318. The van der Waals surface area contributed by atoms with Crippen LogP contribution in [0.15, 0.2) is 46.2 Å². The minimum atomic E-state index is -0.361. The Morgan fingerprint density at radius 3 is 2.74 bits per heavy atom. The van der Waals surface area contributed by atoms with Crippen LogP contribution in [0.1, 0.15) is 5.69 Å². The van der Waals surface area contributed by atoms with Crippen molar-refractivity contribution in [3.8, 4) is 11.5 Å². The lowest BCUT2D eigenvalue weighted by Crippen LogP contribution is -2.14. The molecule has 7 heteroatoms. The second-order valence-corrected chi connectivity index (χ2v) is 4.40. The molecular weight excluding hydrogens is 317 g/mol. The number of nitrogens with zero attached hydrogens (tertiary/aromatic N) is 2. The number of hydrogen-bond acceptors (Lipinski definition) is 4. The zero-order valence-corrected chi connectivity index (χ0v) is 11.1. The first-order chi connectivity index (χ1) is 9.10. The lowest BCUT2D eigenvalue weighted by atomic mass is 10.3. The summed E-state index contributed by atoms with van der Waals surface area (Å²) in [6, 6.07) is 7.24. The molecule has 5 nitrogen and oxygen atoms in total. The Kier molecular flexibility index (Phi) is 3.96. The summed E-state index contributed by atoms with van der Waals surface area (Å²) in [4.78, 5) is 3.96. The Balaban J connectivity index is 2.20. The van der Waals surface area contributed by atoms with E-state index in [2.05, 4.69) is 26.1 Å². The first kappa shape index (κ1) is 13.3. The summed E-state index contributed by atoms with van der Waals surface area (Å²) >= 11 is 3.20. The van der Waals surface area contributed by atoms with Gasteiger partial charge in [0.1, 0.15) is 23.0 Å². The normalized spacial score (nSPS) is 11.4. The largest absolute Gasteiger partial charge is 0.455 e. The van der Waals surface area contributed by atoms with Crippen molar-refractivity contribution >= 4 is 21.8 Å². The molecule has 1 aromatic heterocycles. The Morgan fingerprint density at radius 1 is 1.37 bits per heavy atom. The average Bonchev–Trinajstić information content (AvgIpc) is 2.42. The summed E-state index contributed by atoms with van der Waals surface area (Å²) in [7, 11) is 0. The quantitative estimate of drug-likeness (QED) is 0.393. The van der Waals surface area contributed by atoms with E-state index >= 15 is 0 Å². The van der Waals surface area contributed by atoms with Crippen LogP contribution in [0.3, 0.4) is 0 Å². The second kappa shape index (κ2) is 5.66. The molecule has 0 aliphatic heterocycles. The van der Waals surface area contributed by atoms with Gasteiger partial charge in [0.15, 0.2) is 5.84 Å². The van der Waals surface area contributed by atoms with Crippen molar-refractivity contribution in [3.05, 3.63) is 52.5 Å². The van der Waals surface area contributed by atoms with Gasteiger partial charge in [0.25, 0.3) is 0 Å².